The van der Waals surface area contributed by atoms with E-state index < -0.39 is 0 Å². The lowest BCUT2D eigenvalue weighted by molar-refractivity contribution is 0.673. The summed E-state index contributed by atoms with van der Waals surface area (Å²) < 4.78 is 1.74. The summed E-state index contributed by atoms with van der Waals surface area (Å²) in [6, 6.07) is 16.6. The van der Waals surface area contributed by atoms with Crippen molar-refractivity contribution in [3.8, 4) is 11.1 Å². The Morgan fingerprint density at radius 1 is 1.14 bits per heavy atom. The number of aryl methyl sites for hydroxylation is 2. The molecule has 0 fully saturated rings. The molecule has 2 aromatic heterocycles. The Morgan fingerprint density at radius 3 is 2.62 bits per heavy atom. The predicted molar refractivity (Wildman–Crippen MR) is 125 cm³/mol. The van der Waals surface area contributed by atoms with Crippen LogP contribution in [0.25, 0.3) is 21.3 Å². The van der Waals surface area contributed by atoms with Crippen LogP contribution in [0.2, 0.25) is 0 Å². The highest BCUT2D eigenvalue weighted by Gasteiger charge is 2.17. The van der Waals surface area contributed by atoms with Crippen molar-refractivity contribution in [1.29, 1.82) is 0 Å². The highest BCUT2D eigenvalue weighted by molar-refractivity contribution is 7.98. The summed E-state index contributed by atoms with van der Waals surface area (Å²) in [5, 5.41) is 3.47. The molecule has 3 nitrogen and oxygen atoms in total. The van der Waals surface area contributed by atoms with Crippen molar-refractivity contribution in [2.45, 2.75) is 31.3 Å². The highest BCUT2D eigenvalue weighted by Crippen LogP contribution is 2.33. The fourth-order valence-electron chi connectivity index (χ4n) is 3.27. The normalized spacial score (nSPS) is 11.1. The third-order valence-electron chi connectivity index (χ3n) is 4.95. The quantitative estimate of drug-likeness (QED) is 0.212. The van der Waals surface area contributed by atoms with Gasteiger partial charge in [0.25, 0.3) is 5.56 Å². The van der Waals surface area contributed by atoms with E-state index in [0.29, 0.717) is 11.9 Å². The van der Waals surface area contributed by atoms with Crippen molar-refractivity contribution < 1.29 is 0 Å². The molecule has 2 aromatic carbocycles. The number of fused-ring (bicyclic) bond motifs is 1. The van der Waals surface area contributed by atoms with Crippen molar-refractivity contribution in [3.05, 3.63) is 93.6 Å². The first kappa shape index (κ1) is 19.7. The van der Waals surface area contributed by atoms with Crippen LogP contribution in [-0.2, 0) is 12.3 Å². The van der Waals surface area contributed by atoms with E-state index in [4.69, 9.17) is 4.98 Å². The van der Waals surface area contributed by atoms with E-state index >= 15 is 0 Å². The van der Waals surface area contributed by atoms with Crippen molar-refractivity contribution >= 4 is 33.3 Å². The molecule has 0 atom stereocenters. The lowest BCUT2D eigenvalue weighted by atomic mass is 10.1. The maximum atomic E-state index is 13.4. The molecule has 0 unspecified atom stereocenters. The minimum atomic E-state index is -0.000918. The zero-order valence-corrected chi connectivity index (χ0v) is 18.1. The SMILES string of the molecule is C=CCn1c(SCc2ccccc2C)nc2scc(-c3ccc(C)cc3)c2c1=O. The van der Waals surface area contributed by atoms with Crippen LogP contribution in [0.4, 0.5) is 0 Å². The van der Waals surface area contributed by atoms with Gasteiger partial charge in [0, 0.05) is 23.2 Å². The van der Waals surface area contributed by atoms with Crippen LogP contribution in [0, 0.1) is 13.8 Å². The lowest BCUT2D eigenvalue weighted by Gasteiger charge is -2.11. The summed E-state index contributed by atoms with van der Waals surface area (Å²) in [6.07, 6.45) is 1.75. The largest absolute Gasteiger partial charge is 0.283 e. The Bertz CT molecular complexity index is 1240. The Kier molecular flexibility index (Phi) is 5.69. The molecule has 0 amide bonds. The average Bonchev–Trinajstić information content (AvgIpc) is 3.14. The molecule has 4 aromatic rings. The van der Waals surface area contributed by atoms with E-state index in [-0.39, 0.29) is 5.56 Å². The Hall–Kier alpha value is -2.63. The summed E-state index contributed by atoms with van der Waals surface area (Å²) >= 11 is 3.13. The van der Waals surface area contributed by atoms with Crippen LogP contribution >= 0.6 is 23.1 Å². The molecule has 0 saturated carbocycles. The second-order valence-electron chi connectivity index (χ2n) is 7.01. The minimum Gasteiger partial charge on any atom is -0.283 e. The van der Waals surface area contributed by atoms with Gasteiger partial charge in [-0.25, -0.2) is 4.98 Å². The zero-order valence-electron chi connectivity index (χ0n) is 16.5. The molecule has 0 N–H and O–H groups in total. The number of hydrogen-bond donors (Lipinski definition) is 0. The first-order chi connectivity index (χ1) is 14.1. The van der Waals surface area contributed by atoms with Crippen LogP contribution in [-0.4, -0.2) is 9.55 Å². The summed E-state index contributed by atoms with van der Waals surface area (Å²) in [4.78, 5) is 19.1. The third kappa shape index (κ3) is 3.93. The highest BCUT2D eigenvalue weighted by atomic mass is 32.2. The van der Waals surface area contributed by atoms with Gasteiger partial charge in [0.05, 0.1) is 5.39 Å². The molecule has 5 heteroatoms. The monoisotopic (exact) mass is 418 g/mol. The molecule has 0 radical (unpaired) electrons. The first-order valence-corrected chi connectivity index (χ1v) is 11.3. The van der Waals surface area contributed by atoms with Gasteiger partial charge >= 0.3 is 0 Å². The summed E-state index contributed by atoms with van der Waals surface area (Å²) in [5.74, 6) is 0.776. The van der Waals surface area contributed by atoms with Crippen LogP contribution < -0.4 is 5.56 Å². The molecule has 29 heavy (non-hydrogen) atoms. The van der Waals surface area contributed by atoms with E-state index in [1.54, 1.807) is 22.4 Å². The standard InChI is InChI=1S/C24H22N2OS2/c1-4-13-26-23(27)21-20(18-11-9-16(2)10-12-18)15-28-22(21)25-24(26)29-14-19-8-6-5-7-17(19)3/h4-12,15H,1,13-14H2,2-3H3. The first-order valence-electron chi connectivity index (χ1n) is 9.45. The molecule has 0 aliphatic carbocycles. The molecular formula is C24H22N2OS2. The van der Waals surface area contributed by atoms with Crippen LogP contribution in [0.3, 0.4) is 0 Å². The van der Waals surface area contributed by atoms with Crippen LogP contribution in [0.5, 0.6) is 0 Å². The summed E-state index contributed by atoms with van der Waals surface area (Å²) in [6.45, 7) is 8.45. The van der Waals surface area contributed by atoms with Gasteiger partial charge in [-0.3, -0.25) is 9.36 Å². The molecule has 2 heterocycles. The smallest absolute Gasteiger partial charge is 0.263 e. The van der Waals surface area contributed by atoms with Crippen LogP contribution in [0.15, 0.2) is 76.5 Å². The number of allylic oxidation sites excluding steroid dienone is 1. The van der Waals surface area contributed by atoms with Gasteiger partial charge in [-0.1, -0.05) is 71.9 Å². The predicted octanol–water partition coefficient (Wildman–Crippen LogP) is 6.22. The fraction of sp³-hybridized carbons (Fsp3) is 0.167. The van der Waals surface area contributed by atoms with Crippen molar-refractivity contribution in [2.75, 3.05) is 0 Å². The Labute approximate surface area is 178 Å². The van der Waals surface area contributed by atoms with Gasteiger partial charge in [-0.15, -0.1) is 17.9 Å². The number of benzene rings is 2. The van der Waals surface area contributed by atoms with Gasteiger partial charge in [-0.2, -0.15) is 0 Å². The lowest BCUT2D eigenvalue weighted by Crippen LogP contribution is -2.22. The number of nitrogens with zero attached hydrogens (tertiary/aromatic N) is 2. The second kappa shape index (κ2) is 8.39. The average molecular weight is 419 g/mol. The Balaban J connectivity index is 1.79. The van der Waals surface area contributed by atoms with E-state index in [1.165, 1.54) is 28.0 Å². The molecule has 0 aliphatic heterocycles. The van der Waals surface area contributed by atoms with E-state index in [0.717, 1.165) is 26.9 Å². The van der Waals surface area contributed by atoms with E-state index in [2.05, 4.69) is 56.8 Å². The number of aromatic nitrogens is 2. The number of thiophene rings is 1. The van der Waals surface area contributed by atoms with Crippen molar-refractivity contribution in [1.82, 2.24) is 9.55 Å². The molecule has 0 aliphatic rings. The zero-order chi connectivity index (χ0) is 20.4. The fourth-order valence-corrected chi connectivity index (χ4v) is 5.34. The number of hydrogen-bond acceptors (Lipinski definition) is 4. The third-order valence-corrected chi connectivity index (χ3v) is 6.85. The molecular weight excluding hydrogens is 396 g/mol. The molecule has 0 spiro atoms. The van der Waals surface area contributed by atoms with Gasteiger partial charge in [0.2, 0.25) is 0 Å². The topological polar surface area (TPSA) is 34.9 Å². The Morgan fingerprint density at radius 2 is 1.90 bits per heavy atom. The van der Waals surface area contributed by atoms with Crippen molar-refractivity contribution in [2.24, 2.45) is 0 Å². The van der Waals surface area contributed by atoms with Crippen LogP contribution in [0.1, 0.15) is 16.7 Å². The molecule has 146 valence electrons. The number of rotatable bonds is 6. The van der Waals surface area contributed by atoms with Gasteiger partial charge < -0.3 is 0 Å². The maximum absolute atomic E-state index is 13.4. The van der Waals surface area contributed by atoms with E-state index in [1.807, 2.05) is 17.5 Å². The molecule has 0 bridgehead atoms. The van der Waals surface area contributed by atoms with Gasteiger partial charge in [0.1, 0.15) is 4.83 Å². The van der Waals surface area contributed by atoms with E-state index in [9.17, 15) is 4.79 Å². The molecule has 0 saturated heterocycles. The number of thioether (sulfide) groups is 1. The van der Waals surface area contributed by atoms with Gasteiger partial charge in [0.15, 0.2) is 5.16 Å². The van der Waals surface area contributed by atoms with Crippen molar-refractivity contribution in [3.63, 3.8) is 0 Å². The molecule has 4 rings (SSSR count). The maximum Gasteiger partial charge on any atom is 0.263 e. The second-order valence-corrected chi connectivity index (χ2v) is 8.81. The summed E-state index contributed by atoms with van der Waals surface area (Å²) in [7, 11) is 0. The summed E-state index contributed by atoms with van der Waals surface area (Å²) in [5.41, 5.74) is 5.70. The van der Waals surface area contributed by atoms with Gasteiger partial charge in [-0.05, 0) is 30.5 Å². The minimum absolute atomic E-state index is 0.000918.